The van der Waals surface area contributed by atoms with Gasteiger partial charge in [-0.2, -0.15) is 0 Å². The number of carbonyl (C=O) groups is 1. The summed E-state index contributed by atoms with van der Waals surface area (Å²) in [7, 11) is 0. The maximum atomic E-state index is 11.0. The van der Waals surface area contributed by atoms with Crippen molar-refractivity contribution >= 4 is 17.2 Å². The highest BCUT2D eigenvalue weighted by Crippen LogP contribution is 2.22. The van der Waals surface area contributed by atoms with E-state index in [1.165, 1.54) is 4.88 Å². The number of nitrogens with two attached hydrogens (primary N) is 1. The normalized spacial score (nSPS) is 12.3. The Bertz CT molecular complexity index is 520. The molecule has 0 aliphatic heterocycles. The van der Waals surface area contributed by atoms with Crippen molar-refractivity contribution in [2.75, 3.05) is 0 Å². The van der Waals surface area contributed by atoms with E-state index in [4.69, 9.17) is 5.73 Å². The minimum absolute atomic E-state index is 0.385. The fourth-order valence-electron chi connectivity index (χ4n) is 1.96. The number of hydrogen-bond acceptors (Lipinski definition) is 3. The van der Waals surface area contributed by atoms with E-state index in [0.717, 1.165) is 18.5 Å². The molecule has 2 rings (SSSR count). The van der Waals surface area contributed by atoms with Crippen LogP contribution in [0.3, 0.4) is 0 Å². The van der Waals surface area contributed by atoms with Crippen molar-refractivity contribution in [3.8, 4) is 0 Å². The van der Waals surface area contributed by atoms with E-state index in [1.807, 2.05) is 12.1 Å². The van der Waals surface area contributed by atoms with Gasteiger partial charge in [0.05, 0.1) is 0 Å². The van der Waals surface area contributed by atoms with Gasteiger partial charge in [-0.25, -0.2) is 0 Å². The molecule has 0 radical (unpaired) electrons. The Morgan fingerprint density at radius 1 is 1.32 bits per heavy atom. The second-order valence-corrected chi connectivity index (χ2v) is 5.40. The molecule has 3 N–H and O–H groups in total. The molecule has 3 nitrogen and oxygen atoms in total. The van der Waals surface area contributed by atoms with E-state index in [-0.39, 0.29) is 5.91 Å². The van der Waals surface area contributed by atoms with Gasteiger partial charge in [0, 0.05) is 23.0 Å². The van der Waals surface area contributed by atoms with Crippen molar-refractivity contribution < 1.29 is 4.79 Å². The summed E-state index contributed by atoms with van der Waals surface area (Å²) in [6.45, 7) is 2.96. The molecule has 1 amide bonds. The highest BCUT2D eigenvalue weighted by atomic mass is 32.1. The monoisotopic (exact) mass is 274 g/mol. The molecule has 0 spiro atoms. The fourth-order valence-corrected chi connectivity index (χ4v) is 2.85. The summed E-state index contributed by atoms with van der Waals surface area (Å²) in [5, 5.41) is 5.63. The van der Waals surface area contributed by atoms with Gasteiger partial charge in [0.15, 0.2) is 0 Å². The van der Waals surface area contributed by atoms with Crippen LogP contribution in [0.5, 0.6) is 0 Å². The number of rotatable bonds is 6. The molecule has 0 bridgehead atoms. The van der Waals surface area contributed by atoms with Crippen molar-refractivity contribution in [2.24, 2.45) is 5.73 Å². The van der Waals surface area contributed by atoms with Crippen LogP contribution >= 0.6 is 11.3 Å². The quantitative estimate of drug-likeness (QED) is 0.850. The zero-order chi connectivity index (χ0) is 13.7. The maximum Gasteiger partial charge on any atom is 0.248 e. The number of hydrogen-bond donors (Lipinski definition) is 2. The van der Waals surface area contributed by atoms with Crippen molar-refractivity contribution in [1.82, 2.24) is 5.32 Å². The van der Waals surface area contributed by atoms with Crippen molar-refractivity contribution in [2.45, 2.75) is 25.9 Å². The number of nitrogens with one attached hydrogen (secondary N) is 1. The standard InChI is InChI=1S/C15H18N2OS/c1-2-13(14-4-3-9-19-14)17-10-11-5-7-12(8-6-11)15(16)18/h3-9,13,17H,2,10H2,1H3,(H2,16,18). The zero-order valence-corrected chi connectivity index (χ0v) is 11.7. The number of amides is 1. The molecule has 2 aromatic rings. The first kappa shape index (κ1) is 13.8. The van der Waals surface area contributed by atoms with E-state index >= 15 is 0 Å². The van der Waals surface area contributed by atoms with Gasteiger partial charge in [-0.3, -0.25) is 4.79 Å². The van der Waals surface area contributed by atoms with Gasteiger partial charge >= 0.3 is 0 Å². The van der Waals surface area contributed by atoms with Gasteiger partial charge in [-0.05, 0) is 35.6 Å². The largest absolute Gasteiger partial charge is 0.366 e. The minimum atomic E-state index is -0.385. The molecule has 0 saturated heterocycles. The molecular formula is C15H18N2OS. The first-order chi connectivity index (χ1) is 9.20. The Kier molecular flexibility index (Phi) is 4.71. The fraction of sp³-hybridized carbons (Fsp3) is 0.267. The Morgan fingerprint density at radius 3 is 2.58 bits per heavy atom. The second kappa shape index (κ2) is 6.50. The first-order valence-corrected chi connectivity index (χ1v) is 7.24. The lowest BCUT2D eigenvalue weighted by Crippen LogP contribution is -2.19. The van der Waals surface area contributed by atoms with Crippen molar-refractivity contribution in [3.05, 3.63) is 57.8 Å². The maximum absolute atomic E-state index is 11.0. The summed E-state index contributed by atoms with van der Waals surface area (Å²) < 4.78 is 0. The van der Waals surface area contributed by atoms with Crippen LogP contribution in [0.25, 0.3) is 0 Å². The van der Waals surface area contributed by atoms with Crippen LogP contribution < -0.4 is 11.1 Å². The summed E-state index contributed by atoms with van der Waals surface area (Å²) in [6.07, 6.45) is 1.06. The highest BCUT2D eigenvalue weighted by Gasteiger charge is 2.09. The lowest BCUT2D eigenvalue weighted by Gasteiger charge is -2.15. The lowest BCUT2D eigenvalue weighted by molar-refractivity contribution is 0.100. The SMILES string of the molecule is CCC(NCc1ccc(C(N)=O)cc1)c1cccs1. The van der Waals surface area contributed by atoms with Crippen LogP contribution in [0.15, 0.2) is 41.8 Å². The Morgan fingerprint density at radius 2 is 2.05 bits per heavy atom. The Balaban J connectivity index is 1.96. The highest BCUT2D eigenvalue weighted by molar-refractivity contribution is 7.10. The molecular weight excluding hydrogens is 256 g/mol. The summed E-state index contributed by atoms with van der Waals surface area (Å²) >= 11 is 1.77. The molecule has 19 heavy (non-hydrogen) atoms. The van der Waals surface area contributed by atoms with Gasteiger partial charge < -0.3 is 11.1 Å². The van der Waals surface area contributed by atoms with Crippen LogP contribution in [0.4, 0.5) is 0 Å². The first-order valence-electron chi connectivity index (χ1n) is 6.36. The molecule has 100 valence electrons. The summed E-state index contributed by atoms with van der Waals surface area (Å²) in [5.41, 5.74) is 6.92. The van der Waals surface area contributed by atoms with E-state index in [2.05, 4.69) is 29.8 Å². The third-order valence-electron chi connectivity index (χ3n) is 3.09. The zero-order valence-electron chi connectivity index (χ0n) is 10.9. The Labute approximate surface area is 117 Å². The van der Waals surface area contributed by atoms with Gasteiger partial charge in [0.1, 0.15) is 0 Å². The average Bonchev–Trinajstić information content (AvgIpc) is 2.94. The molecule has 1 aromatic carbocycles. The number of benzene rings is 1. The average molecular weight is 274 g/mol. The molecule has 0 fully saturated rings. The molecule has 0 aliphatic rings. The van der Waals surface area contributed by atoms with Gasteiger partial charge in [-0.15, -0.1) is 11.3 Å². The molecule has 1 unspecified atom stereocenters. The molecule has 1 aromatic heterocycles. The van der Waals surface area contributed by atoms with E-state index in [0.29, 0.717) is 11.6 Å². The second-order valence-electron chi connectivity index (χ2n) is 4.42. The molecule has 1 heterocycles. The van der Waals surface area contributed by atoms with Crippen LogP contribution in [0.1, 0.15) is 40.2 Å². The minimum Gasteiger partial charge on any atom is -0.366 e. The molecule has 0 aliphatic carbocycles. The van der Waals surface area contributed by atoms with E-state index in [9.17, 15) is 4.79 Å². The number of thiophene rings is 1. The van der Waals surface area contributed by atoms with Crippen LogP contribution in [-0.2, 0) is 6.54 Å². The van der Waals surface area contributed by atoms with E-state index < -0.39 is 0 Å². The third-order valence-corrected chi connectivity index (χ3v) is 4.07. The van der Waals surface area contributed by atoms with Crippen LogP contribution in [0, 0.1) is 0 Å². The summed E-state index contributed by atoms with van der Waals surface area (Å²) in [4.78, 5) is 12.3. The molecule has 1 atom stereocenters. The topological polar surface area (TPSA) is 55.1 Å². The molecule has 0 saturated carbocycles. The van der Waals surface area contributed by atoms with Crippen LogP contribution in [0.2, 0.25) is 0 Å². The van der Waals surface area contributed by atoms with E-state index in [1.54, 1.807) is 23.5 Å². The lowest BCUT2D eigenvalue weighted by atomic mass is 10.1. The Hall–Kier alpha value is -1.65. The summed E-state index contributed by atoms with van der Waals surface area (Å²) in [6, 6.07) is 12.0. The third kappa shape index (κ3) is 3.66. The van der Waals surface area contributed by atoms with Gasteiger partial charge in [0.25, 0.3) is 0 Å². The predicted octanol–water partition coefficient (Wildman–Crippen LogP) is 3.09. The number of carbonyl (C=O) groups excluding carboxylic acids is 1. The summed E-state index contributed by atoms with van der Waals surface area (Å²) in [5.74, 6) is -0.385. The smallest absolute Gasteiger partial charge is 0.248 e. The van der Waals surface area contributed by atoms with Crippen LogP contribution in [-0.4, -0.2) is 5.91 Å². The predicted molar refractivity (Wildman–Crippen MR) is 79.2 cm³/mol. The molecule has 4 heteroatoms. The van der Waals surface area contributed by atoms with Gasteiger partial charge in [0.2, 0.25) is 5.91 Å². The van der Waals surface area contributed by atoms with Crippen molar-refractivity contribution in [1.29, 1.82) is 0 Å². The van der Waals surface area contributed by atoms with Crippen molar-refractivity contribution in [3.63, 3.8) is 0 Å². The van der Waals surface area contributed by atoms with Gasteiger partial charge in [-0.1, -0.05) is 25.1 Å². The number of primary amides is 1.